The van der Waals surface area contributed by atoms with Crippen LogP contribution in [0.3, 0.4) is 0 Å². The lowest BCUT2D eigenvalue weighted by Gasteiger charge is -2.20. The fourth-order valence-electron chi connectivity index (χ4n) is 3.55. The summed E-state index contributed by atoms with van der Waals surface area (Å²) < 4.78 is 5.94. The van der Waals surface area contributed by atoms with E-state index in [0.29, 0.717) is 11.4 Å². The van der Waals surface area contributed by atoms with E-state index in [1.165, 1.54) is 29.7 Å². The molecule has 0 aliphatic carbocycles. The molecule has 1 aromatic heterocycles. The first-order valence-electron chi connectivity index (χ1n) is 8.86. The Morgan fingerprint density at radius 3 is 2.96 bits per heavy atom. The number of hydrogen-bond acceptors (Lipinski definition) is 5. The topological polar surface area (TPSA) is 45.7 Å². The molecule has 6 heteroatoms. The minimum absolute atomic E-state index is 0.0309. The SMILES string of the molecule is CN(C[C@H]1Cc2ccccc2O1)C(=O)c1cnc(CN2CCCC2)s1. The van der Waals surface area contributed by atoms with E-state index < -0.39 is 0 Å². The maximum absolute atomic E-state index is 12.7. The average Bonchev–Trinajstić information content (AvgIpc) is 3.34. The number of aromatic nitrogens is 1. The average molecular weight is 357 g/mol. The van der Waals surface area contributed by atoms with Crippen molar-refractivity contribution in [2.75, 3.05) is 26.7 Å². The molecule has 1 amide bonds. The molecule has 1 saturated heterocycles. The number of likely N-dealkylation sites (N-methyl/N-ethyl adjacent to an activating group) is 1. The lowest BCUT2D eigenvalue weighted by molar-refractivity contribution is 0.0735. The second-order valence-corrected chi connectivity index (χ2v) is 7.95. The quantitative estimate of drug-likeness (QED) is 0.825. The summed E-state index contributed by atoms with van der Waals surface area (Å²) in [5, 5.41) is 1.03. The smallest absolute Gasteiger partial charge is 0.265 e. The number of hydrogen-bond donors (Lipinski definition) is 0. The van der Waals surface area contributed by atoms with Crippen LogP contribution < -0.4 is 4.74 Å². The summed E-state index contributed by atoms with van der Waals surface area (Å²) in [6, 6.07) is 8.09. The third-order valence-corrected chi connectivity index (χ3v) is 5.83. The van der Waals surface area contributed by atoms with E-state index >= 15 is 0 Å². The predicted molar refractivity (Wildman–Crippen MR) is 98.1 cm³/mol. The van der Waals surface area contributed by atoms with Crippen LogP contribution in [0.5, 0.6) is 5.75 Å². The van der Waals surface area contributed by atoms with Crippen molar-refractivity contribution < 1.29 is 9.53 Å². The molecule has 25 heavy (non-hydrogen) atoms. The lowest BCUT2D eigenvalue weighted by Crippen LogP contribution is -2.36. The minimum atomic E-state index is 0.0309. The van der Waals surface area contributed by atoms with Crippen molar-refractivity contribution in [3.63, 3.8) is 0 Å². The van der Waals surface area contributed by atoms with Gasteiger partial charge in [-0.3, -0.25) is 9.69 Å². The number of benzene rings is 1. The molecular formula is C19H23N3O2S. The molecule has 0 spiro atoms. The molecule has 1 fully saturated rings. The number of rotatable bonds is 5. The van der Waals surface area contributed by atoms with E-state index in [4.69, 9.17) is 4.74 Å². The molecule has 0 radical (unpaired) electrons. The fourth-order valence-corrected chi connectivity index (χ4v) is 4.50. The number of thiazole rings is 1. The molecule has 0 unspecified atom stereocenters. The van der Waals surface area contributed by atoms with Gasteiger partial charge >= 0.3 is 0 Å². The zero-order valence-corrected chi connectivity index (χ0v) is 15.3. The van der Waals surface area contributed by atoms with Gasteiger partial charge in [0.2, 0.25) is 0 Å². The number of nitrogens with zero attached hydrogens (tertiary/aromatic N) is 3. The Kier molecular flexibility index (Phi) is 4.72. The van der Waals surface area contributed by atoms with E-state index in [9.17, 15) is 4.79 Å². The molecule has 4 rings (SSSR count). The molecule has 2 aliphatic heterocycles. The summed E-state index contributed by atoms with van der Waals surface area (Å²) in [5.74, 6) is 0.976. The molecule has 2 aromatic rings. The Labute approximate surface area is 152 Å². The first-order chi connectivity index (χ1) is 12.2. The summed E-state index contributed by atoms with van der Waals surface area (Å²) in [7, 11) is 1.84. The Balaban J connectivity index is 1.34. The van der Waals surface area contributed by atoms with Crippen LogP contribution in [0.15, 0.2) is 30.5 Å². The zero-order chi connectivity index (χ0) is 17.2. The van der Waals surface area contributed by atoms with E-state index in [-0.39, 0.29) is 12.0 Å². The van der Waals surface area contributed by atoms with Crippen LogP contribution in [0, 0.1) is 0 Å². The molecule has 132 valence electrons. The molecule has 5 nitrogen and oxygen atoms in total. The lowest BCUT2D eigenvalue weighted by atomic mass is 10.1. The first kappa shape index (κ1) is 16.5. The number of fused-ring (bicyclic) bond motifs is 1. The van der Waals surface area contributed by atoms with Crippen molar-refractivity contribution in [2.24, 2.45) is 0 Å². The van der Waals surface area contributed by atoms with Crippen molar-refractivity contribution in [1.29, 1.82) is 0 Å². The van der Waals surface area contributed by atoms with Crippen molar-refractivity contribution in [2.45, 2.75) is 31.9 Å². The van der Waals surface area contributed by atoms with Crippen LogP contribution in [0.1, 0.15) is 33.1 Å². The standard InChI is InChI=1S/C19H23N3O2S/c1-21(12-15-10-14-6-2-3-7-16(14)24-15)19(23)17-11-20-18(25-17)13-22-8-4-5-9-22/h2-3,6-7,11,15H,4-5,8-10,12-13H2,1H3/t15-/m1/s1. The van der Waals surface area contributed by atoms with Gasteiger partial charge < -0.3 is 9.64 Å². The van der Waals surface area contributed by atoms with E-state index in [0.717, 1.165) is 36.8 Å². The number of para-hydroxylation sites is 1. The van der Waals surface area contributed by atoms with E-state index in [2.05, 4.69) is 16.0 Å². The van der Waals surface area contributed by atoms with Crippen molar-refractivity contribution in [1.82, 2.24) is 14.8 Å². The van der Waals surface area contributed by atoms with E-state index in [1.54, 1.807) is 11.1 Å². The summed E-state index contributed by atoms with van der Waals surface area (Å²) in [5.41, 5.74) is 1.22. The molecule has 0 bridgehead atoms. The van der Waals surface area contributed by atoms with Crippen LogP contribution >= 0.6 is 11.3 Å². The highest BCUT2D eigenvalue weighted by Gasteiger charge is 2.26. The molecule has 0 saturated carbocycles. The summed E-state index contributed by atoms with van der Waals surface area (Å²) in [4.78, 5) is 22.0. The van der Waals surface area contributed by atoms with Gasteiger partial charge in [0.1, 0.15) is 21.7 Å². The van der Waals surface area contributed by atoms with Gasteiger partial charge in [-0.1, -0.05) is 18.2 Å². The third-order valence-electron chi connectivity index (χ3n) is 4.86. The molecule has 3 heterocycles. The van der Waals surface area contributed by atoms with Gasteiger partial charge in [-0.25, -0.2) is 4.98 Å². The second kappa shape index (κ2) is 7.14. The largest absolute Gasteiger partial charge is 0.488 e. The maximum atomic E-state index is 12.7. The van der Waals surface area contributed by atoms with Crippen LogP contribution in [0.2, 0.25) is 0 Å². The van der Waals surface area contributed by atoms with Gasteiger partial charge in [0.25, 0.3) is 5.91 Å². The molecule has 2 aliphatic rings. The number of likely N-dealkylation sites (tertiary alicyclic amines) is 1. The normalized spacial score (nSPS) is 19.6. The van der Waals surface area contributed by atoms with Crippen molar-refractivity contribution in [3.05, 3.63) is 45.9 Å². The highest BCUT2D eigenvalue weighted by molar-refractivity contribution is 7.13. The van der Waals surface area contributed by atoms with Crippen LogP contribution in [0.25, 0.3) is 0 Å². The van der Waals surface area contributed by atoms with Gasteiger partial charge in [0.15, 0.2) is 0 Å². The summed E-state index contributed by atoms with van der Waals surface area (Å²) in [6.45, 7) is 3.74. The van der Waals surface area contributed by atoms with Gasteiger partial charge in [0, 0.05) is 13.5 Å². The predicted octanol–water partition coefficient (Wildman–Crippen LogP) is 2.81. The van der Waals surface area contributed by atoms with Gasteiger partial charge in [-0.15, -0.1) is 11.3 Å². The zero-order valence-electron chi connectivity index (χ0n) is 14.5. The van der Waals surface area contributed by atoms with Gasteiger partial charge in [-0.05, 0) is 37.6 Å². The van der Waals surface area contributed by atoms with Crippen LogP contribution in [-0.2, 0) is 13.0 Å². The first-order valence-corrected chi connectivity index (χ1v) is 9.68. The summed E-state index contributed by atoms with van der Waals surface area (Å²) in [6.07, 6.45) is 5.15. The number of ether oxygens (including phenoxy) is 1. The van der Waals surface area contributed by atoms with Crippen molar-refractivity contribution in [3.8, 4) is 5.75 Å². The van der Waals surface area contributed by atoms with Crippen LogP contribution in [-0.4, -0.2) is 53.5 Å². The van der Waals surface area contributed by atoms with E-state index in [1.807, 2.05) is 25.2 Å². The summed E-state index contributed by atoms with van der Waals surface area (Å²) >= 11 is 1.52. The Morgan fingerprint density at radius 1 is 1.36 bits per heavy atom. The minimum Gasteiger partial charge on any atom is -0.488 e. The molecule has 1 aromatic carbocycles. The number of carbonyl (C=O) groups excluding carboxylic acids is 1. The Morgan fingerprint density at radius 2 is 2.16 bits per heavy atom. The number of carbonyl (C=O) groups is 1. The Bertz CT molecular complexity index is 730. The molecular weight excluding hydrogens is 334 g/mol. The van der Waals surface area contributed by atoms with Gasteiger partial charge in [-0.2, -0.15) is 0 Å². The van der Waals surface area contributed by atoms with Crippen molar-refractivity contribution >= 4 is 17.2 Å². The Hall–Kier alpha value is -1.92. The van der Waals surface area contributed by atoms with Gasteiger partial charge in [0.05, 0.1) is 19.3 Å². The van der Waals surface area contributed by atoms with Crippen LogP contribution in [0.4, 0.5) is 0 Å². The fraction of sp³-hybridized carbons (Fsp3) is 0.474. The third kappa shape index (κ3) is 3.70. The monoisotopic (exact) mass is 357 g/mol. The highest BCUT2D eigenvalue weighted by Crippen LogP contribution is 2.28. The molecule has 0 N–H and O–H groups in total. The molecule has 1 atom stereocenters. The maximum Gasteiger partial charge on any atom is 0.265 e. The highest BCUT2D eigenvalue weighted by atomic mass is 32.1. The number of amides is 1. The second-order valence-electron chi connectivity index (χ2n) is 6.84.